The minimum Gasteiger partial charge on any atom is -0.479 e. The molecule has 1 heterocycles. The van der Waals surface area contributed by atoms with Crippen LogP contribution in [0.3, 0.4) is 0 Å². The van der Waals surface area contributed by atoms with Gasteiger partial charge in [0.15, 0.2) is 6.10 Å². The molecule has 0 bridgehead atoms. The molecule has 1 fully saturated rings. The molecular weight excluding hydrogens is 246 g/mol. The van der Waals surface area contributed by atoms with Crippen LogP contribution in [0, 0.1) is 0 Å². The van der Waals surface area contributed by atoms with Crippen LogP contribution in [0.4, 0.5) is 5.69 Å². The SMILES string of the molecule is O=C(O)C(O)C(O)c1ccccc1N1CCCCC1. The van der Waals surface area contributed by atoms with E-state index in [1.165, 1.54) is 6.42 Å². The first-order chi connectivity index (χ1) is 9.11. The van der Waals surface area contributed by atoms with Crippen LogP contribution in [0.15, 0.2) is 24.3 Å². The van der Waals surface area contributed by atoms with E-state index < -0.39 is 18.2 Å². The Hall–Kier alpha value is -1.59. The van der Waals surface area contributed by atoms with E-state index in [4.69, 9.17) is 5.11 Å². The van der Waals surface area contributed by atoms with Crippen molar-refractivity contribution in [1.82, 2.24) is 0 Å². The van der Waals surface area contributed by atoms with Gasteiger partial charge in [0, 0.05) is 24.3 Å². The number of aliphatic hydroxyl groups excluding tert-OH is 2. The highest BCUT2D eigenvalue weighted by Gasteiger charge is 2.28. The lowest BCUT2D eigenvalue weighted by molar-refractivity contribution is -0.153. The molecule has 0 amide bonds. The quantitative estimate of drug-likeness (QED) is 0.761. The standard InChI is InChI=1S/C14H19NO4/c16-12(13(17)14(18)19)10-6-2-3-7-11(10)15-8-4-1-5-9-15/h2-3,6-7,12-13,16-17H,1,4-5,8-9H2,(H,18,19). The summed E-state index contributed by atoms with van der Waals surface area (Å²) in [6.07, 6.45) is 0.165. The molecule has 19 heavy (non-hydrogen) atoms. The number of hydrogen-bond acceptors (Lipinski definition) is 4. The Labute approximate surface area is 112 Å². The molecule has 0 saturated carbocycles. The zero-order valence-corrected chi connectivity index (χ0v) is 10.7. The minimum atomic E-state index is -1.80. The van der Waals surface area contributed by atoms with E-state index in [0.717, 1.165) is 31.6 Å². The molecule has 0 spiro atoms. The Morgan fingerprint density at radius 2 is 1.74 bits per heavy atom. The van der Waals surface area contributed by atoms with E-state index in [-0.39, 0.29) is 0 Å². The first-order valence-electron chi connectivity index (χ1n) is 6.54. The maximum atomic E-state index is 10.8. The third kappa shape index (κ3) is 3.05. The Morgan fingerprint density at radius 1 is 1.11 bits per heavy atom. The molecule has 0 radical (unpaired) electrons. The average Bonchev–Trinajstić information content (AvgIpc) is 2.46. The number of rotatable bonds is 4. The molecule has 1 aliphatic rings. The van der Waals surface area contributed by atoms with Crippen molar-refractivity contribution in [3.63, 3.8) is 0 Å². The maximum absolute atomic E-state index is 10.8. The van der Waals surface area contributed by atoms with Crippen LogP contribution in [-0.4, -0.2) is 40.5 Å². The van der Waals surface area contributed by atoms with Gasteiger partial charge in [0.25, 0.3) is 0 Å². The fourth-order valence-electron chi connectivity index (χ4n) is 2.47. The van der Waals surface area contributed by atoms with Crippen LogP contribution in [0.25, 0.3) is 0 Å². The number of para-hydroxylation sites is 1. The normalized spacial score (nSPS) is 18.9. The number of carboxylic acids is 1. The van der Waals surface area contributed by atoms with Gasteiger partial charge < -0.3 is 20.2 Å². The van der Waals surface area contributed by atoms with E-state index in [2.05, 4.69) is 4.90 Å². The summed E-state index contributed by atoms with van der Waals surface area (Å²) in [4.78, 5) is 12.9. The highest BCUT2D eigenvalue weighted by atomic mass is 16.4. The van der Waals surface area contributed by atoms with Gasteiger partial charge in [-0.1, -0.05) is 18.2 Å². The smallest absolute Gasteiger partial charge is 0.335 e. The molecule has 3 N–H and O–H groups in total. The van der Waals surface area contributed by atoms with Gasteiger partial charge >= 0.3 is 5.97 Å². The van der Waals surface area contributed by atoms with Crippen molar-refractivity contribution in [3.8, 4) is 0 Å². The first-order valence-corrected chi connectivity index (χ1v) is 6.54. The van der Waals surface area contributed by atoms with Crippen LogP contribution in [-0.2, 0) is 4.79 Å². The summed E-state index contributed by atoms with van der Waals surface area (Å²) in [7, 11) is 0. The van der Waals surface area contributed by atoms with Crippen LogP contribution >= 0.6 is 0 Å². The largest absolute Gasteiger partial charge is 0.479 e. The molecule has 2 rings (SSSR count). The highest BCUT2D eigenvalue weighted by molar-refractivity contribution is 5.74. The fourth-order valence-corrected chi connectivity index (χ4v) is 2.47. The number of aliphatic carboxylic acids is 1. The van der Waals surface area contributed by atoms with E-state index in [1.807, 2.05) is 12.1 Å². The van der Waals surface area contributed by atoms with Gasteiger partial charge in [0.1, 0.15) is 6.10 Å². The number of aliphatic hydroxyl groups is 2. The third-order valence-electron chi connectivity index (χ3n) is 3.50. The van der Waals surface area contributed by atoms with Gasteiger partial charge in [-0.3, -0.25) is 0 Å². The van der Waals surface area contributed by atoms with E-state index in [0.29, 0.717) is 5.56 Å². The van der Waals surface area contributed by atoms with Gasteiger partial charge in [-0.25, -0.2) is 4.79 Å². The predicted octanol–water partition coefficient (Wildman–Crippen LogP) is 1.16. The molecule has 0 aromatic heterocycles. The van der Waals surface area contributed by atoms with Gasteiger partial charge in [-0.05, 0) is 25.3 Å². The second-order valence-electron chi connectivity index (χ2n) is 4.83. The summed E-state index contributed by atoms with van der Waals surface area (Å²) in [5.74, 6) is -1.42. The Kier molecular flexibility index (Phi) is 4.39. The number of nitrogens with zero attached hydrogens (tertiary/aromatic N) is 1. The number of carboxylic acid groups (broad SMARTS) is 1. The number of hydrogen-bond donors (Lipinski definition) is 3. The lowest BCUT2D eigenvalue weighted by Gasteiger charge is -2.32. The van der Waals surface area contributed by atoms with Crippen molar-refractivity contribution in [3.05, 3.63) is 29.8 Å². The zero-order valence-electron chi connectivity index (χ0n) is 10.7. The van der Waals surface area contributed by atoms with Crippen molar-refractivity contribution in [1.29, 1.82) is 0 Å². The van der Waals surface area contributed by atoms with Crippen molar-refractivity contribution < 1.29 is 20.1 Å². The van der Waals surface area contributed by atoms with E-state index in [1.54, 1.807) is 12.1 Å². The topological polar surface area (TPSA) is 81.0 Å². The molecule has 1 saturated heterocycles. The van der Waals surface area contributed by atoms with Crippen LogP contribution in [0.2, 0.25) is 0 Å². The van der Waals surface area contributed by atoms with Crippen molar-refractivity contribution >= 4 is 11.7 Å². The molecule has 0 aliphatic carbocycles. The summed E-state index contributed by atoms with van der Waals surface area (Å²) in [5.41, 5.74) is 1.29. The lowest BCUT2D eigenvalue weighted by atomic mass is 10.00. The van der Waals surface area contributed by atoms with Crippen LogP contribution in [0.1, 0.15) is 30.9 Å². The summed E-state index contributed by atoms with van der Waals surface area (Å²) < 4.78 is 0. The second-order valence-corrected chi connectivity index (χ2v) is 4.83. The molecule has 104 valence electrons. The Morgan fingerprint density at radius 3 is 2.37 bits per heavy atom. The average molecular weight is 265 g/mol. The summed E-state index contributed by atoms with van der Waals surface area (Å²) in [6.45, 7) is 1.79. The Bertz CT molecular complexity index is 443. The first kappa shape index (κ1) is 13.8. The van der Waals surface area contributed by atoms with Gasteiger partial charge in [0.2, 0.25) is 0 Å². The van der Waals surface area contributed by atoms with Crippen molar-refractivity contribution in [2.45, 2.75) is 31.5 Å². The number of piperidine rings is 1. The summed E-state index contributed by atoms with van der Waals surface area (Å²) in [6, 6.07) is 7.12. The molecule has 5 nitrogen and oxygen atoms in total. The molecule has 1 aromatic rings. The molecule has 2 unspecified atom stereocenters. The zero-order chi connectivity index (χ0) is 13.8. The third-order valence-corrected chi connectivity index (χ3v) is 3.50. The van der Waals surface area contributed by atoms with Gasteiger partial charge in [-0.15, -0.1) is 0 Å². The Balaban J connectivity index is 2.27. The highest BCUT2D eigenvalue weighted by Crippen LogP contribution is 2.30. The predicted molar refractivity (Wildman–Crippen MR) is 71.1 cm³/mol. The second kappa shape index (κ2) is 6.04. The molecular formula is C14H19NO4. The minimum absolute atomic E-state index is 0.472. The number of benzene rings is 1. The van der Waals surface area contributed by atoms with E-state index >= 15 is 0 Å². The fraction of sp³-hybridized carbons (Fsp3) is 0.500. The van der Waals surface area contributed by atoms with Crippen LogP contribution < -0.4 is 4.90 Å². The van der Waals surface area contributed by atoms with Crippen LogP contribution in [0.5, 0.6) is 0 Å². The summed E-state index contributed by atoms with van der Waals surface area (Å²) in [5, 5.41) is 28.3. The number of carbonyl (C=O) groups is 1. The summed E-state index contributed by atoms with van der Waals surface area (Å²) >= 11 is 0. The lowest BCUT2D eigenvalue weighted by Crippen LogP contribution is -2.33. The number of anilines is 1. The molecule has 1 aliphatic heterocycles. The van der Waals surface area contributed by atoms with Crippen molar-refractivity contribution in [2.24, 2.45) is 0 Å². The van der Waals surface area contributed by atoms with Crippen molar-refractivity contribution in [2.75, 3.05) is 18.0 Å². The monoisotopic (exact) mass is 265 g/mol. The van der Waals surface area contributed by atoms with Gasteiger partial charge in [0.05, 0.1) is 0 Å². The van der Waals surface area contributed by atoms with Gasteiger partial charge in [-0.2, -0.15) is 0 Å². The van der Waals surface area contributed by atoms with E-state index in [9.17, 15) is 15.0 Å². The molecule has 2 atom stereocenters. The molecule has 1 aromatic carbocycles. The maximum Gasteiger partial charge on any atom is 0.335 e. The molecule has 5 heteroatoms.